The lowest BCUT2D eigenvalue weighted by atomic mass is 10.0. The van der Waals surface area contributed by atoms with Crippen LogP contribution in [0.3, 0.4) is 0 Å². The van der Waals surface area contributed by atoms with E-state index in [1.54, 1.807) is 0 Å². The van der Waals surface area contributed by atoms with Crippen molar-refractivity contribution in [1.82, 2.24) is 16.0 Å². The maximum absolute atomic E-state index is 12.4. The third-order valence-corrected chi connectivity index (χ3v) is 3.73. The average Bonchev–Trinajstić information content (AvgIpc) is 2.60. The lowest BCUT2D eigenvalue weighted by Gasteiger charge is -2.24. The Balaban J connectivity index is 5.41. The molecule has 0 saturated heterocycles. The second kappa shape index (κ2) is 12.3. The summed E-state index contributed by atoms with van der Waals surface area (Å²) in [4.78, 5) is 69.2. The predicted molar refractivity (Wildman–Crippen MR) is 96.4 cm³/mol. The van der Waals surface area contributed by atoms with Crippen molar-refractivity contribution in [3.05, 3.63) is 0 Å². The number of nitrogens with two attached hydrogens (primary N) is 1. The van der Waals surface area contributed by atoms with E-state index in [9.17, 15) is 28.8 Å². The fraction of sp³-hybridized carbons (Fsp3) is 0.625. The van der Waals surface area contributed by atoms with Crippen LogP contribution in [0.4, 0.5) is 0 Å². The van der Waals surface area contributed by atoms with E-state index in [1.807, 2.05) is 0 Å². The monoisotopic (exact) mass is 418 g/mol. The molecule has 0 aliphatic carbocycles. The van der Waals surface area contributed by atoms with E-state index in [-0.39, 0.29) is 6.42 Å². The maximum atomic E-state index is 12.4. The summed E-state index contributed by atoms with van der Waals surface area (Å²) in [6.45, 7) is 2.56. The number of carboxylic acid groups (broad SMARTS) is 3. The van der Waals surface area contributed by atoms with Gasteiger partial charge in [-0.15, -0.1) is 0 Å². The van der Waals surface area contributed by atoms with Gasteiger partial charge in [0.15, 0.2) is 0 Å². The number of rotatable bonds is 13. The molecule has 0 rings (SSSR count). The second-order valence-corrected chi connectivity index (χ2v) is 6.48. The zero-order valence-electron chi connectivity index (χ0n) is 16.0. The topological polar surface area (TPSA) is 225 Å². The first-order chi connectivity index (χ1) is 13.4. The van der Waals surface area contributed by atoms with Crippen molar-refractivity contribution >= 4 is 35.6 Å². The molecule has 3 unspecified atom stereocenters. The van der Waals surface area contributed by atoms with Gasteiger partial charge in [0.25, 0.3) is 0 Å². The Labute approximate surface area is 166 Å². The highest BCUT2D eigenvalue weighted by molar-refractivity contribution is 5.95. The molecule has 0 fully saturated rings. The molecule has 0 saturated carbocycles. The van der Waals surface area contributed by atoms with Crippen molar-refractivity contribution in [3.8, 4) is 0 Å². The molecule has 0 heterocycles. The normalized spacial score (nSPS) is 13.7. The van der Waals surface area contributed by atoms with Crippen LogP contribution in [0.25, 0.3) is 0 Å². The number of aliphatic carboxylic acids is 3. The van der Waals surface area contributed by atoms with E-state index in [2.05, 4.69) is 16.0 Å². The summed E-state index contributed by atoms with van der Waals surface area (Å²) < 4.78 is 0. The fourth-order valence-corrected chi connectivity index (χ4v) is 2.21. The van der Waals surface area contributed by atoms with Crippen LogP contribution in [0.5, 0.6) is 0 Å². The Bertz CT molecular complexity index is 650. The number of carboxylic acids is 3. The van der Waals surface area contributed by atoms with E-state index in [4.69, 9.17) is 21.1 Å². The highest BCUT2D eigenvalue weighted by atomic mass is 16.4. The van der Waals surface area contributed by atoms with Gasteiger partial charge in [-0.25, -0.2) is 4.79 Å². The molecule has 0 aliphatic rings. The summed E-state index contributed by atoms with van der Waals surface area (Å²) in [6, 6.07) is -4.36. The minimum atomic E-state index is -1.65. The molecule has 0 radical (unpaired) electrons. The van der Waals surface area contributed by atoms with Crippen molar-refractivity contribution in [3.63, 3.8) is 0 Å². The SMILES string of the molecule is CC(C)C(NC(=O)C(CC(=O)O)NC(=O)C(CCC(=O)O)NC(=O)CN)C(=O)O. The summed E-state index contributed by atoms with van der Waals surface area (Å²) in [6.07, 6.45) is -1.69. The van der Waals surface area contributed by atoms with Gasteiger partial charge in [0.05, 0.1) is 13.0 Å². The van der Waals surface area contributed by atoms with Gasteiger partial charge in [-0.1, -0.05) is 13.8 Å². The smallest absolute Gasteiger partial charge is 0.326 e. The van der Waals surface area contributed by atoms with Crippen molar-refractivity contribution in [1.29, 1.82) is 0 Å². The number of amides is 3. The summed E-state index contributed by atoms with van der Waals surface area (Å²) >= 11 is 0. The molecule has 8 N–H and O–H groups in total. The molecule has 0 spiro atoms. The molecule has 0 bridgehead atoms. The number of nitrogens with one attached hydrogen (secondary N) is 3. The van der Waals surface area contributed by atoms with Gasteiger partial charge in [0.1, 0.15) is 18.1 Å². The van der Waals surface area contributed by atoms with Gasteiger partial charge < -0.3 is 37.0 Å². The van der Waals surface area contributed by atoms with E-state index in [0.29, 0.717) is 0 Å². The Morgan fingerprint density at radius 1 is 0.828 bits per heavy atom. The Morgan fingerprint density at radius 3 is 1.79 bits per heavy atom. The van der Waals surface area contributed by atoms with E-state index < -0.39 is 79.1 Å². The Hall–Kier alpha value is -3.22. The quantitative estimate of drug-likeness (QED) is 0.166. The van der Waals surface area contributed by atoms with E-state index in [1.165, 1.54) is 13.8 Å². The van der Waals surface area contributed by atoms with Crippen molar-refractivity contribution in [2.24, 2.45) is 11.7 Å². The van der Waals surface area contributed by atoms with Crippen molar-refractivity contribution < 1.29 is 44.1 Å². The van der Waals surface area contributed by atoms with E-state index >= 15 is 0 Å². The minimum Gasteiger partial charge on any atom is -0.481 e. The van der Waals surface area contributed by atoms with Crippen LogP contribution in [-0.2, 0) is 28.8 Å². The lowest BCUT2D eigenvalue weighted by molar-refractivity contribution is -0.144. The molecule has 0 aliphatic heterocycles. The molecule has 0 aromatic carbocycles. The molecule has 0 aromatic heterocycles. The third-order valence-electron chi connectivity index (χ3n) is 3.73. The maximum Gasteiger partial charge on any atom is 0.326 e. The first-order valence-electron chi connectivity index (χ1n) is 8.65. The van der Waals surface area contributed by atoms with Crippen LogP contribution in [-0.4, -0.2) is 75.6 Å². The fourth-order valence-electron chi connectivity index (χ4n) is 2.21. The molecule has 3 atom stereocenters. The third kappa shape index (κ3) is 10.0. The van der Waals surface area contributed by atoms with Crippen molar-refractivity contribution in [2.45, 2.75) is 51.2 Å². The highest BCUT2D eigenvalue weighted by Gasteiger charge is 2.32. The zero-order valence-corrected chi connectivity index (χ0v) is 16.0. The van der Waals surface area contributed by atoms with Gasteiger partial charge in [-0.05, 0) is 12.3 Å². The number of carbonyl (C=O) groups excluding carboxylic acids is 3. The molecular formula is C16H26N4O9. The molecular weight excluding hydrogens is 392 g/mol. The largest absolute Gasteiger partial charge is 0.481 e. The van der Waals surface area contributed by atoms with Gasteiger partial charge >= 0.3 is 17.9 Å². The highest BCUT2D eigenvalue weighted by Crippen LogP contribution is 2.05. The van der Waals surface area contributed by atoms with Gasteiger partial charge in [0, 0.05) is 6.42 Å². The standard InChI is InChI=1S/C16H26N4O9/c1-7(2)13(16(28)29)20-15(27)9(5-12(24)25)19-14(26)8(3-4-11(22)23)18-10(21)6-17/h7-9,13H,3-6,17H2,1-2H3,(H,18,21)(H,19,26)(H,20,27)(H,22,23)(H,24,25)(H,28,29). The van der Waals surface area contributed by atoms with Gasteiger partial charge in [0.2, 0.25) is 17.7 Å². The minimum absolute atomic E-state index is 0.335. The van der Waals surface area contributed by atoms with Crippen LogP contribution in [0, 0.1) is 5.92 Å². The predicted octanol–water partition coefficient (Wildman–Crippen LogP) is -2.52. The number of hydrogen-bond acceptors (Lipinski definition) is 7. The summed E-state index contributed by atoms with van der Waals surface area (Å²) in [5.74, 6) is -7.38. The summed E-state index contributed by atoms with van der Waals surface area (Å²) in [5, 5.41) is 33.3. The molecule has 164 valence electrons. The molecule has 29 heavy (non-hydrogen) atoms. The molecule has 3 amide bonds. The Kier molecular flexibility index (Phi) is 10.9. The molecule has 13 nitrogen and oxygen atoms in total. The number of carbonyl (C=O) groups is 6. The summed E-state index contributed by atoms with van der Waals surface area (Å²) in [5.41, 5.74) is 5.15. The molecule has 0 aromatic rings. The zero-order chi connectivity index (χ0) is 22.7. The second-order valence-electron chi connectivity index (χ2n) is 6.48. The van der Waals surface area contributed by atoms with Gasteiger partial charge in [-0.2, -0.15) is 0 Å². The van der Waals surface area contributed by atoms with Crippen LogP contribution >= 0.6 is 0 Å². The van der Waals surface area contributed by atoms with Crippen LogP contribution in [0.2, 0.25) is 0 Å². The van der Waals surface area contributed by atoms with Gasteiger partial charge in [-0.3, -0.25) is 24.0 Å². The van der Waals surface area contributed by atoms with Crippen LogP contribution in [0.15, 0.2) is 0 Å². The first kappa shape index (κ1) is 25.8. The average molecular weight is 418 g/mol. The van der Waals surface area contributed by atoms with Crippen LogP contribution < -0.4 is 21.7 Å². The summed E-state index contributed by atoms with van der Waals surface area (Å²) in [7, 11) is 0. The lowest BCUT2D eigenvalue weighted by Crippen LogP contribution is -2.57. The number of hydrogen-bond donors (Lipinski definition) is 7. The molecule has 13 heteroatoms. The van der Waals surface area contributed by atoms with Crippen molar-refractivity contribution in [2.75, 3.05) is 6.54 Å². The van der Waals surface area contributed by atoms with E-state index in [0.717, 1.165) is 0 Å². The van der Waals surface area contributed by atoms with Crippen LogP contribution in [0.1, 0.15) is 33.1 Å². The Morgan fingerprint density at radius 2 is 1.38 bits per heavy atom. The first-order valence-corrected chi connectivity index (χ1v) is 8.65.